The second kappa shape index (κ2) is 10.4. The first-order valence-corrected chi connectivity index (χ1v) is 13.2. The van der Waals surface area contributed by atoms with Crippen molar-refractivity contribution in [2.75, 3.05) is 10.2 Å². The van der Waals surface area contributed by atoms with Crippen LogP contribution in [0.4, 0.5) is 11.4 Å². The van der Waals surface area contributed by atoms with E-state index in [1.165, 1.54) is 0 Å². The number of rotatable bonds is 6. The summed E-state index contributed by atoms with van der Waals surface area (Å²) in [6.07, 6.45) is 3.62. The summed E-state index contributed by atoms with van der Waals surface area (Å²) < 4.78 is 2.18. The molecule has 0 radical (unpaired) electrons. The second-order valence-electron chi connectivity index (χ2n) is 9.99. The van der Waals surface area contributed by atoms with E-state index < -0.39 is 0 Å². The topological polar surface area (TPSA) is 75.1 Å². The maximum atomic E-state index is 12.3. The van der Waals surface area contributed by atoms with Crippen molar-refractivity contribution in [1.82, 2.24) is 19.9 Å². The Morgan fingerprint density at radius 3 is 2.37 bits per heavy atom. The molecule has 1 saturated heterocycles. The van der Waals surface area contributed by atoms with Gasteiger partial charge in [0.05, 0.1) is 17.8 Å². The SMILES string of the molecule is Cc1cc(N2C(=S)NC(c3ccccn3)C2c2cc(C)n(-c3ccccn3)c2C)ccc1NC(=O)C(C)C. The zero-order valence-electron chi connectivity index (χ0n) is 22.3. The third kappa shape index (κ3) is 4.67. The van der Waals surface area contributed by atoms with Crippen molar-refractivity contribution in [1.29, 1.82) is 0 Å². The minimum Gasteiger partial charge on any atom is -0.351 e. The van der Waals surface area contributed by atoms with Crippen LogP contribution in [0.15, 0.2) is 73.1 Å². The lowest BCUT2D eigenvalue weighted by atomic mass is 9.96. The van der Waals surface area contributed by atoms with Gasteiger partial charge in [0.15, 0.2) is 5.11 Å². The highest BCUT2D eigenvalue weighted by Gasteiger charge is 2.42. The number of aromatic nitrogens is 3. The van der Waals surface area contributed by atoms with Crippen LogP contribution in [0.2, 0.25) is 0 Å². The summed E-state index contributed by atoms with van der Waals surface area (Å²) in [5.41, 5.74) is 6.98. The molecule has 1 aromatic carbocycles. The van der Waals surface area contributed by atoms with Crippen molar-refractivity contribution >= 4 is 34.6 Å². The maximum absolute atomic E-state index is 12.3. The van der Waals surface area contributed by atoms with E-state index in [2.05, 4.69) is 56.0 Å². The van der Waals surface area contributed by atoms with Crippen LogP contribution in [0.3, 0.4) is 0 Å². The van der Waals surface area contributed by atoms with Crippen LogP contribution in [-0.4, -0.2) is 25.6 Å². The van der Waals surface area contributed by atoms with Crippen molar-refractivity contribution in [2.24, 2.45) is 5.92 Å². The summed E-state index contributed by atoms with van der Waals surface area (Å²) in [6, 6.07) is 19.9. The molecule has 8 heteroatoms. The predicted octanol–water partition coefficient (Wildman–Crippen LogP) is 5.96. The number of pyridine rings is 2. The van der Waals surface area contributed by atoms with Crippen LogP contribution < -0.4 is 15.5 Å². The predicted molar refractivity (Wildman–Crippen MR) is 156 cm³/mol. The van der Waals surface area contributed by atoms with Gasteiger partial charge in [0.2, 0.25) is 5.91 Å². The summed E-state index contributed by atoms with van der Waals surface area (Å²) in [7, 11) is 0. The zero-order valence-corrected chi connectivity index (χ0v) is 23.1. The number of anilines is 2. The maximum Gasteiger partial charge on any atom is 0.226 e. The van der Waals surface area contributed by atoms with Gasteiger partial charge in [0.25, 0.3) is 0 Å². The first-order valence-electron chi connectivity index (χ1n) is 12.8. The molecule has 0 saturated carbocycles. The molecule has 0 bridgehead atoms. The first kappa shape index (κ1) is 25.6. The number of nitrogens with zero attached hydrogens (tertiary/aromatic N) is 4. The van der Waals surface area contributed by atoms with E-state index >= 15 is 0 Å². The van der Waals surface area contributed by atoms with Crippen LogP contribution in [0, 0.1) is 26.7 Å². The van der Waals surface area contributed by atoms with Crippen LogP contribution in [0.25, 0.3) is 5.82 Å². The van der Waals surface area contributed by atoms with Crippen molar-refractivity contribution in [3.05, 3.63) is 101 Å². The molecule has 7 nitrogen and oxygen atoms in total. The third-order valence-corrected chi connectivity index (χ3v) is 7.35. The second-order valence-corrected chi connectivity index (χ2v) is 10.4. The zero-order chi connectivity index (χ0) is 27.0. The fourth-order valence-electron chi connectivity index (χ4n) is 5.09. The molecule has 2 unspecified atom stereocenters. The fraction of sp³-hybridized carbons (Fsp3) is 0.267. The molecule has 1 fully saturated rings. The molecule has 2 atom stereocenters. The van der Waals surface area contributed by atoms with Crippen LogP contribution in [0.5, 0.6) is 0 Å². The van der Waals surface area contributed by atoms with Crippen molar-refractivity contribution in [2.45, 2.75) is 46.7 Å². The van der Waals surface area contributed by atoms with E-state index in [1.54, 1.807) is 0 Å². The number of nitrogens with one attached hydrogen (secondary N) is 2. The van der Waals surface area contributed by atoms with Crippen molar-refractivity contribution in [3.63, 3.8) is 0 Å². The molecular weight excluding hydrogens is 492 g/mol. The van der Waals surface area contributed by atoms with E-state index in [0.29, 0.717) is 5.11 Å². The molecule has 1 amide bonds. The first-order chi connectivity index (χ1) is 18.3. The highest BCUT2D eigenvalue weighted by Crippen LogP contribution is 2.44. The molecular formula is C30H32N6OS. The summed E-state index contributed by atoms with van der Waals surface area (Å²) in [4.78, 5) is 23.8. The Morgan fingerprint density at radius 1 is 1.00 bits per heavy atom. The lowest BCUT2D eigenvalue weighted by molar-refractivity contribution is -0.118. The molecule has 4 aromatic rings. The van der Waals surface area contributed by atoms with E-state index in [-0.39, 0.29) is 23.9 Å². The molecule has 0 spiro atoms. The number of aryl methyl sites for hydroxylation is 2. The number of carbonyl (C=O) groups is 1. The summed E-state index contributed by atoms with van der Waals surface area (Å²) >= 11 is 5.93. The highest BCUT2D eigenvalue weighted by atomic mass is 32.1. The molecule has 0 aliphatic carbocycles. The molecule has 5 rings (SSSR count). The van der Waals surface area contributed by atoms with Crippen LogP contribution >= 0.6 is 12.2 Å². The van der Waals surface area contributed by atoms with E-state index in [4.69, 9.17) is 12.2 Å². The Hall–Kier alpha value is -4.04. The van der Waals surface area contributed by atoms with Gasteiger partial charge in [0.1, 0.15) is 5.82 Å². The third-order valence-electron chi connectivity index (χ3n) is 7.04. The Bertz CT molecular complexity index is 1480. The Morgan fingerprint density at radius 2 is 1.74 bits per heavy atom. The number of hydrogen-bond acceptors (Lipinski definition) is 4. The average Bonchev–Trinajstić information content (AvgIpc) is 3.41. The number of benzene rings is 1. The Balaban J connectivity index is 1.61. The van der Waals surface area contributed by atoms with Gasteiger partial charge in [-0.1, -0.05) is 26.0 Å². The largest absolute Gasteiger partial charge is 0.351 e. The van der Waals surface area contributed by atoms with Crippen molar-refractivity contribution < 1.29 is 4.79 Å². The fourth-order valence-corrected chi connectivity index (χ4v) is 5.44. The van der Waals surface area contributed by atoms with Gasteiger partial charge in [-0.15, -0.1) is 0 Å². The minimum absolute atomic E-state index is 0.00531. The van der Waals surface area contributed by atoms with Crippen molar-refractivity contribution in [3.8, 4) is 5.82 Å². The van der Waals surface area contributed by atoms with Gasteiger partial charge in [-0.2, -0.15) is 0 Å². The van der Waals surface area contributed by atoms with Gasteiger partial charge in [0, 0.05) is 41.1 Å². The Kier molecular flexibility index (Phi) is 6.99. The summed E-state index contributed by atoms with van der Waals surface area (Å²) in [6.45, 7) is 10.0. The standard InChI is InChI=1S/C30H32N6OS/c1-18(2)29(37)33-24-13-12-22(16-19(24)3)36-28(27(34-30(36)38)25-10-6-8-14-31-25)23-17-20(4)35(21(23)5)26-11-7-9-15-32-26/h6-18,27-28H,1-5H3,(H,33,37)(H,34,38). The molecule has 1 aliphatic heterocycles. The monoisotopic (exact) mass is 524 g/mol. The molecule has 1 aliphatic rings. The lowest BCUT2D eigenvalue weighted by Crippen LogP contribution is -2.29. The summed E-state index contributed by atoms with van der Waals surface area (Å²) in [5.74, 6) is 0.779. The molecule has 38 heavy (non-hydrogen) atoms. The van der Waals surface area contributed by atoms with Gasteiger partial charge in [-0.3, -0.25) is 9.78 Å². The van der Waals surface area contributed by atoms with Gasteiger partial charge in [-0.05, 0) is 92.6 Å². The van der Waals surface area contributed by atoms with Crippen LogP contribution in [0.1, 0.15) is 54.1 Å². The molecule has 4 heterocycles. The number of carbonyl (C=O) groups excluding carboxylic acids is 1. The number of thiocarbonyl (C=S) groups is 1. The Labute approximate surface area is 228 Å². The van der Waals surface area contributed by atoms with E-state index in [1.807, 2.05) is 81.7 Å². The molecule has 3 aromatic heterocycles. The minimum atomic E-state index is -0.151. The normalized spacial score (nSPS) is 17.1. The molecule has 194 valence electrons. The molecule has 2 N–H and O–H groups in total. The van der Waals surface area contributed by atoms with E-state index in [0.717, 1.165) is 45.4 Å². The van der Waals surface area contributed by atoms with E-state index in [9.17, 15) is 4.79 Å². The quantitative estimate of drug-likeness (QED) is 0.303. The number of amides is 1. The average molecular weight is 525 g/mol. The van der Waals surface area contributed by atoms with Gasteiger partial charge < -0.3 is 20.1 Å². The highest BCUT2D eigenvalue weighted by molar-refractivity contribution is 7.80. The summed E-state index contributed by atoms with van der Waals surface area (Å²) in [5, 5.41) is 7.20. The number of hydrogen-bond donors (Lipinski definition) is 2. The smallest absolute Gasteiger partial charge is 0.226 e. The van der Waals surface area contributed by atoms with Gasteiger partial charge >= 0.3 is 0 Å². The van der Waals surface area contributed by atoms with Gasteiger partial charge in [-0.25, -0.2) is 4.98 Å². The van der Waals surface area contributed by atoms with Crippen LogP contribution in [-0.2, 0) is 4.79 Å². The lowest BCUT2D eigenvalue weighted by Gasteiger charge is -2.29.